The fraction of sp³-hybridized carbons (Fsp3) is 0.286. The number of nitrogens with one attached hydrogen (secondary N) is 2. The van der Waals surface area contributed by atoms with Crippen LogP contribution in [-0.2, 0) is 11.2 Å². The molecule has 0 saturated heterocycles. The van der Waals surface area contributed by atoms with Crippen molar-refractivity contribution in [3.05, 3.63) is 101 Å². The normalized spacial score (nSPS) is 14.2. The van der Waals surface area contributed by atoms with Gasteiger partial charge in [0.15, 0.2) is 5.58 Å². The van der Waals surface area contributed by atoms with Crippen LogP contribution in [0, 0.1) is 0 Å². The van der Waals surface area contributed by atoms with E-state index in [9.17, 15) is 23.1 Å². The van der Waals surface area contributed by atoms with E-state index in [2.05, 4.69) is 15.6 Å². The number of halogens is 4. The number of aliphatic hydroxyl groups excluding tert-OH is 1. The molecule has 3 N–H and O–H groups in total. The predicted molar refractivity (Wildman–Crippen MR) is 139 cm³/mol. The van der Waals surface area contributed by atoms with Gasteiger partial charge in [-0.3, -0.25) is 10.1 Å². The third-order valence-corrected chi connectivity index (χ3v) is 6.44. The van der Waals surface area contributed by atoms with Gasteiger partial charge >= 0.3 is 6.18 Å². The summed E-state index contributed by atoms with van der Waals surface area (Å²) in [6, 6.07) is 17.9. The molecule has 4 aromatic rings. The first-order valence-electron chi connectivity index (χ1n) is 12.1. The topological polar surface area (TPSA) is 87.4 Å². The van der Waals surface area contributed by atoms with Gasteiger partial charge in [0.2, 0.25) is 11.8 Å². The van der Waals surface area contributed by atoms with Crippen molar-refractivity contribution in [3.8, 4) is 0 Å². The maximum absolute atomic E-state index is 14.0. The summed E-state index contributed by atoms with van der Waals surface area (Å²) in [5, 5.41) is 16.0. The van der Waals surface area contributed by atoms with Crippen molar-refractivity contribution in [1.82, 2.24) is 15.6 Å². The van der Waals surface area contributed by atoms with Crippen molar-refractivity contribution in [2.24, 2.45) is 0 Å². The molecule has 0 aliphatic carbocycles. The highest BCUT2D eigenvalue weighted by Gasteiger charge is 2.42. The Kier molecular flexibility index (Phi) is 9.04. The van der Waals surface area contributed by atoms with Crippen LogP contribution in [0.1, 0.15) is 42.0 Å². The molecule has 0 fully saturated rings. The second kappa shape index (κ2) is 12.4. The molecule has 0 radical (unpaired) electrons. The van der Waals surface area contributed by atoms with Gasteiger partial charge in [0.1, 0.15) is 17.7 Å². The summed E-state index contributed by atoms with van der Waals surface area (Å²) in [4.78, 5) is 17.4. The Morgan fingerprint density at radius 2 is 1.68 bits per heavy atom. The van der Waals surface area contributed by atoms with E-state index in [1.54, 1.807) is 48.5 Å². The summed E-state index contributed by atoms with van der Waals surface area (Å²) in [5.74, 6) is -0.432. The standard InChI is InChI=1S/C28H27ClF3N3O3/c29-20-12-5-4-11-19(20)17-22(34-25(28(30,31)32)18-9-2-1-3-10-18)26(37)33-16-8-14-23(36)27-35-21-13-6-7-15-24(21)38-27/h1-7,9-13,15,22-23,25,34,36H,8,14,16-17H2,(H,33,37)/t22-,23?,25+/m0/s1. The monoisotopic (exact) mass is 545 g/mol. The number of aliphatic hydroxyl groups is 1. The molecular weight excluding hydrogens is 519 g/mol. The van der Waals surface area contributed by atoms with Gasteiger partial charge in [-0.2, -0.15) is 13.2 Å². The van der Waals surface area contributed by atoms with E-state index in [0.717, 1.165) is 0 Å². The number of benzene rings is 3. The SMILES string of the molecule is O=C(NCCCC(O)c1nc2ccccc2o1)[C@H](Cc1ccccc1Cl)N[C@H](c1ccccc1)C(F)(F)F. The third-order valence-electron chi connectivity index (χ3n) is 6.08. The third kappa shape index (κ3) is 7.12. The number of hydrogen-bond donors (Lipinski definition) is 3. The molecule has 0 aliphatic rings. The number of nitrogens with zero attached hydrogens (tertiary/aromatic N) is 1. The largest absolute Gasteiger partial charge is 0.438 e. The summed E-state index contributed by atoms with van der Waals surface area (Å²) in [6.07, 6.45) is -5.07. The van der Waals surface area contributed by atoms with Crippen molar-refractivity contribution >= 4 is 28.6 Å². The average molecular weight is 546 g/mol. The Bertz CT molecular complexity index is 1310. The molecule has 0 bridgehead atoms. The van der Waals surface area contributed by atoms with Crippen molar-refractivity contribution in [2.45, 2.75) is 43.6 Å². The number of alkyl halides is 3. The Balaban J connectivity index is 1.42. The van der Waals surface area contributed by atoms with Crippen LogP contribution in [0.25, 0.3) is 11.1 Å². The van der Waals surface area contributed by atoms with Crippen molar-refractivity contribution in [3.63, 3.8) is 0 Å². The Morgan fingerprint density at radius 3 is 2.39 bits per heavy atom. The van der Waals surface area contributed by atoms with E-state index in [4.69, 9.17) is 16.0 Å². The number of carbonyl (C=O) groups is 1. The minimum Gasteiger partial charge on any atom is -0.438 e. The molecule has 0 spiro atoms. The fourth-order valence-electron chi connectivity index (χ4n) is 4.12. The van der Waals surface area contributed by atoms with Crippen LogP contribution in [0.4, 0.5) is 13.2 Å². The molecule has 3 aromatic carbocycles. The lowest BCUT2D eigenvalue weighted by atomic mass is 10.0. The first-order valence-corrected chi connectivity index (χ1v) is 12.5. The summed E-state index contributed by atoms with van der Waals surface area (Å²) in [5.41, 5.74) is 1.72. The van der Waals surface area contributed by atoms with Crippen molar-refractivity contribution in [2.75, 3.05) is 6.54 Å². The van der Waals surface area contributed by atoms with Gasteiger partial charge in [-0.05, 0) is 48.6 Å². The molecular formula is C28H27ClF3N3O3. The zero-order valence-electron chi connectivity index (χ0n) is 20.3. The molecule has 1 unspecified atom stereocenters. The summed E-state index contributed by atoms with van der Waals surface area (Å²) >= 11 is 6.24. The minimum absolute atomic E-state index is 0.00147. The second-order valence-electron chi connectivity index (χ2n) is 8.87. The Labute approximate surface area is 222 Å². The lowest BCUT2D eigenvalue weighted by Crippen LogP contribution is -2.50. The molecule has 200 valence electrons. The van der Waals surface area contributed by atoms with E-state index >= 15 is 0 Å². The lowest BCUT2D eigenvalue weighted by Gasteiger charge is -2.28. The summed E-state index contributed by atoms with van der Waals surface area (Å²) in [6.45, 7) is 0.138. The molecule has 10 heteroatoms. The number of rotatable bonds is 11. The van der Waals surface area contributed by atoms with Crippen LogP contribution in [0.3, 0.4) is 0 Å². The van der Waals surface area contributed by atoms with E-state index < -0.39 is 30.3 Å². The van der Waals surface area contributed by atoms with E-state index in [-0.39, 0.29) is 30.8 Å². The fourth-order valence-corrected chi connectivity index (χ4v) is 4.34. The maximum Gasteiger partial charge on any atom is 0.407 e. The van der Waals surface area contributed by atoms with E-state index in [1.807, 2.05) is 6.07 Å². The smallest absolute Gasteiger partial charge is 0.407 e. The Hall–Kier alpha value is -3.40. The van der Waals surface area contributed by atoms with E-state index in [1.165, 1.54) is 24.3 Å². The van der Waals surface area contributed by atoms with Crippen molar-refractivity contribution < 1.29 is 27.5 Å². The maximum atomic E-state index is 14.0. The van der Waals surface area contributed by atoms with E-state index in [0.29, 0.717) is 28.1 Å². The molecule has 3 atom stereocenters. The van der Waals surface area contributed by atoms with Gasteiger partial charge in [-0.15, -0.1) is 0 Å². The number of aromatic nitrogens is 1. The zero-order chi connectivity index (χ0) is 27.1. The summed E-state index contributed by atoms with van der Waals surface area (Å²) < 4.78 is 47.6. The number of para-hydroxylation sites is 2. The van der Waals surface area contributed by atoms with Crippen LogP contribution >= 0.6 is 11.6 Å². The molecule has 1 aromatic heterocycles. The molecule has 38 heavy (non-hydrogen) atoms. The van der Waals surface area contributed by atoms with Gasteiger partial charge < -0.3 is 14.8 Å². The summed E-state index contributed by atoms with van der Waals surface area (Å²) in [7, 11) is 0. The number of carbonyl (C=O) groups excluding carboxylic acids is 1. The molecule has 4 rings (SSSR count). The molecule has 0 aliphatic heterocycles. The molecule has 1 heterocycles. The first kappa shape index (κ1) is 27.6. The number of fused-ring (bicyclic) bond motifs is 1. The van der Waals surface area contributed by atoms with Gasteiger partial charge in [0.25, 0.3) is 0 Å². The van der Waals surface area contributed by atoms with Crippen LogP contribution in [0.15, 0.2) is 83.3 Å². The first-order chi connectivity index (χ1) is 18.2. The number of amides is 1. The van der Waals surface area contributed by atoms with Gasteiger partial charge in [-0.25, -0.2) is 4.98 Å². The number of hydrogen-bond acceptors (Lipinski definition) is 5. The highest BCUT2D eigenvalue weighted by Crippen LogP contribution is 2.33. The zero-order valence-corrected chi connectivity index (χ0v) is 21.0. The second-order valence-corrected chi connectivity index (χ2v) is 9.28. The Morgan fingerprint density at radius 1 is 1.00 bits per heavy atom. The molecule has 1 amide bonds. The van der Waals surface area contributed by atoms with Crippen LogP contribution < -0.4 is 10.6 Å². The lowest BCUT2D eigenvalue weighted by molar-refractivity contribution is -0.160. The minimum atomic E-state index is -4.63. The predicted octanol–water partition coefficient (Wildman–Crippen LogP) is 5.92. The highest BCUT2D eigenvalue weighted by atomic mass is 35.5. The average Bonchev–Trinajstić information content (AvgIpc) is 3.34. The quantitative estimate of drug-likeness (QED) is 0.204. The highest BCUT2D eigenvalue weighted by molar-refractivity contribution is 6.31. The van der Waals surface area contributed by atoms with Crippen molar-refractivity contribution in [1.29, 1.82) is 0 Å². The number of oxazole rings is 1. The van der Waals surface area contributed by atoms with Gasteiger partial charge in [0.05, 0.1) is 6.04 Å². The van der Waals surface area contributed by atoms with Crippen LogP contribution in [-0.4, -0.2) is 34.8 Å². The van der Waals surface area contributed by atoms with Gasteiger partial charge in [0, 0.05) is 11.6 Å². The van der Waals surface area contributed by atoms with Crippen LogP contribution in [0.2, 0.25) is 5.02 Å². The molecule has 6 nitrogen and oxygen atoms in total. The molecule has 0 saturated carbocycles. The van der Waals surface area contributed by atoms with Gasteiger partial charge in [-0.1, -0.05) is 72.3 Å². The van der Waals surface area contributed by atoms with Crippen LogP contribution in [0.5, 0.6) is 0 Å².